The molecule has 0 radical (unpaired) electrons. The molecule has 1 aromatic rings. The molecule has 1 N–H and O–H groups in total. The summed E-state index contributed by atoms with van der Waals surface area (Å²) in [6.45, 7) is 1.14. The predicted molar refractivity (Wildman–Crippen MR) is 77.5 cm³/mol. The number of hydrogen-bond donors (Lipinski definition) is 1. The van der Waals surface area contributed by atoms with Gasteiger partial charge in [-0.25, -0.2) is 0 Å². The van der Waals surface area contributed by atoms with Gasteiger partial charge in [0.1, 0.15) is 0 Å². The van der Waals surface area contributed by atoms with E-state index >= 15 is 0 Å². The lowest BCUT2D eigenvalue weighted by atomic mass is 10.1. The van der Waals surface area contributed by atoms with Gasteiger partial charge in [0.25, 0.3) is 0 Å². The van der Waals surface area contributed by atoms with Gasteiger partial charge in [-0.1, -0.05) is 6.07 Å². The molecular weight excluding hydrogens is 272 g/mol. The Balaban J connectivity index is 1.98. The van der Waals surface area contributed by atoms with E-state index in [1.54, 1.807) is 19.1 Å². The molecule has 6 heteroatoms. The predicted octanol–water partition coefficient (Wildman–Crippen LogP) is 0.595. The van der Waals surface area contributed by atoms with E-state index in [0.717, 1.165) is 5.56 Å². The highest BCUT2D eigenvalue weighted by Gasteiger charge is 2.19. The van der Waals surface area contributed by atoms with Crippen LogP contribution in [0.4, 0.5) is 0 Å². The van der Waals surface area contributed by atoms with Crippen LogP contribution in [0.2, 0.25) is 0 Å². The summed E-state index contributed by atoms with van der Waals surface area (Å²) < 4.78 is 10.5. The van der Waals surface area contributed by atoms with Crippen LogP contribution in [-0.2, 0) is 16.0 Å². The number of carbonyl (C=O) groups excluding carboxylic acids is 2. The van der Waals surface area contributed by atoms with Crippen LogP contribution in [0.3, 0.4) is 0 Å². The largest absolute Gasteiger partial charge is 0.493 e. The maximum atomic E-state index is 11.9. The van der Waals surface area contributed by atoms with E-state index < -0.39 is 0 Å². The zero-order chi connectivity index (χ0) is 15.2. The lowest BCUT2D eigenvalue weighted by molar-refractivity contribution is -0.130. The number of nitrogens with zero attached hydrogens (tertiary/aromatic N) is 1. The minimum absolute atomic E-state index is 0.0404. The van der Waals surface area contributed by atoms with Gasteiger partial charge < -0.3 is 19.7 Å². The summed E-state index contributed by atoms with van der Waals surface area (Å²) in [7, 11) is 3.19. The minimum atomic E-state index is -0.0723. The molecule has 21 heavy (non-hydrogen) atoms. The van der Waals surface area contributed by atoms with E-state index in [1.807, 2.05) is 18.2 Å². The maximum Gasteiger partial charge on any atom is 0.241 e. The van der Waals surface area contributed by atoms with Crippen LogP contribution in [0.25, 0.3) is 0 Å². The molecule has 114 valence electrons. The fraction of sp³-hybridized carbons (Fsp3) is 0.467. The summed E-state index contributed by atoms with van der Waals surface area (Å²) in [4.78, 5) is 24.9. The molecule has 1 aliphatic rings. The maximum absolute atomic E-state index is 11.9. The van der Waals surface area contributed by atoms with Crippen LogP contribution in [0.5, 0.6) is 11.5 Å². The monoisotopic (exact) mass is 292 g/mol. The van der Waals surface area contributed by atoms with E-state index in [-0.39, 0.29) is 18.4 Å². The molecule has 1 aliphatic heterocycles. The Bertz CT molecular complexity index is 530. The third-order valence-electron chi connectivity index (χ3n) is 3.52. The van der Waals surface area contributed by atoms with Crippen molar-refractivity contribution in [2.45, 2.75) is 12.8 Å². The third kappa shape index (κ3) is 3.87. The Morgan fingerprint density at radius 2 is 1.95 bits per heavy atom. The second-order valence-corrected chi connectivity index (χ2v) is 4.85. The summed E-state index contributed by atoms with van der Waals surface area (Å²) in [5.74, 6) is 1.24. The highest BCUT2D eigenvalue weighted by atomic mass is 16.5. The summed E-state index contributed by atoms with van der Waals surface area (Å²) in [5, 5.41) is 2.59. The van der Waals surface area contributed by atoms with Crippen LogP contribution >= 0.6 is 0 Å². The first-order valence-electron chi connectivity index (χ1n) is 6.89. The number of nitrogens with one attached hydrogen (secondary N) is 1. The molecule has 0 bridgehead atoms. The average molecular weight is 292 g/mol. The summed E-state index contributed by atoms with van der Waals surface area (Å²) in [6.07, 6.45) is 1.07. The van der Waals surface area contributed by atoms with Gasteiger partial charge >= 0.3 is 0 Å². The quantitative estimate of drug-likeness (QED) is 0.862. The van der Waals surface area contributed by atoms with E-state index in [4.69, 9.17) is 9.47 Å². The van der Waals surface area contributed by atoms with Gasteiger partial charge in [0, 0.05) is 19.5 Å². The van der Waals surface area contributed by atoms with E-state index in [2.05, 4.69) is 5.32 Å². The Kier molecular flexibility index (Phi) is 5.03. The van der Waals surface area contributed by atoms with Crippen molar-refractivity contribution in [3.8, 4) is 11.5 Å². The first-order valence-corrected chi connectivity index (χ1v) is 6.89. The van der Waals surface area contributed by atoms with Crippen LogP contribution in [0, 0.1) is 0 Å². The highest BCUT2D eigenvalue weighted by Crippen LogP contribution is 2.27. The van der Waals surface area contributed by atoms with E-state index in [9.17, 15) is 9.59 Å². The Morgan fingerprint density at radius 3 is 2.67 bits per heavy atom. The number of amides is 2. The van der Waals surface area contributed by atoms with Crippen molar-refractivity contribution in [2.24, 2.45) is 0 Å². The van der Waals surface area contributed by atoms with Gasteiger partial charge in [-0.3, -0.25) is 9.59 Å². The Labute approximate surface area is 124 Å². The topological polar surface area (TPSA) is 67.9 Å². The smallest absolute Gasteiger partial charge is 0.241 e. The van der Waals surface area contributed by atoms with Gasteiger partial charge in [0.2, 0.25) is 11.8 Å². The first-order chi connectivity index (χ1) is 10.1. The number of ether oxygens (including phenoxy) is 2. The molecule has 1 saturated heterocycles. The zero-order valence-corrected chi connectivity index (χ0v) is 12.3. The number of methoxy groups -OCH3 is 2. The van der Waals surface area contributed by atoms with Crippen molar-refractivity contribution in [3.63, 3.8) is 0 Å². The Hall–Kier alpha value is -2.24. The summed E-state index contributed by atoms with van der Waals surface area (Å²) in [5.41, 5.74) is 1.06. The number of benzene rings is 1. The van der Waals surface area contributed by atoms with Crippen LogP contribution < -0.4 is 14.8 Å². The molecule has 2 amide bonds. The normalized spacial score (nSPS) is 15.4. The fourth-order valence-electron chi connectivity index (χ4n) is 2.27. The molecule has 0 unspecified atom stereocenters. The summed E-state index contributed by atoms with van der Waals surface area (Å²) >= 11 is 0. The van der Waals surface area contributed by atoms with Gasteiger partial charge in [0.05, 0.1) is 20.8 Å². The standard InChI is InChI=1S/C15H20N2O4/c1-20-12-4-3-11(9-13(12)21-2)5-7-17-8-6-14(18)16-10-15(17)19/h3-4,9H,5-8,10H2,1-2H3,(H,16,18). The van der Waals surface area contributed by atoms with Crippen molar-refractivity contribution in [1.29, 1.82) is 0 Å². The van der Waals surface area contributed by atoms with Crippen molar-refractivity contribution in [1.82, 2.24) is 10.2 Å². The molecule has 0 aliphatic carbocycles. The molecule has 0 spiro atoms. The molecular formula is C15H20N2O4. The zero-order valence-electron chi connectivity index (χ0n) is 12.3. The van der Waals surface area contributed by atoms with E-state index in [1.165, 1.54) is 0 Å². The first kappa shape index (κ1) is 15.2. The lowest BCUT2D eigenvalue weighted by Crippen LogP contribution is -2.36. The van der Waals surface area contributed by atoms with E-state index in [0.29, 0.717) is 37.4 Å². The Morgan fingerprint density at radius 1 is 1.19 bits per heavy atom. The second kappa shape index (κ2) is 6.97. The average Bonchev–Trinajstić information content (AvgIpc) is 2.67. The SMILES string of the molecule is COc1ccc(CCN2CCC(=O)NCC2=O)cc1OC. The lowest BCUT2D eigenvalue weighted by Gasteiger charge is -2.19. The van der Waals surface area contributed by atoms with Gasteiger partial charge in [-0.05, 0) is 24.1 Å². The van der Waals surface area contributed by atoms with Gasteiger partial charge in [-0.15, -0.1) is 0 Å². The van der Waals surface area contributed by atoms with Crippen molar-refractivity contribution < 1.29 is 19.1 Å². The molecule has 0 atom stereocenters. The van der Waals surface area contributed by atoms with Crippen molar-refractivity contribution in [2.75, 3.05) is 33.9 Å². The molecule has 0 aromatic heterocycles. The number of rotatable bonds is 5. The minimum Gasteiger partial charge on any atom is -0.493 e. The molecule has 0 saturated carbocycles. The van der Waals surface area contributed by atoms with Crippen molar-refractivity contribution >= 4 is 11.8 Å². The molecule has 2 rings (SSSR count). The van der Waals surface area contributed by atoms with Crippen LogP contribution in [0.15, 0.2) is 18.2 Å². The number of hydrogen-bond acceptors (Lipinski definition) is 4. The van der Waals surface area contributed by atoms with Crippen LogP contribution in [-0.4, -0.2) is 50.6 Å². The van der Waals surface area contributed by atoms with Gasteiger partial charge in [-0.2, -0.15) is 0 Å². The molecule has 6 nitrogen and oxygen atoms in total. The third-order valence-corrected chi connectivity index (χ3v) is 3.52. The molecule has 1 aromatic carbocycles. The molecule has 1 fully saturated rings. The van der Waals surface area contributed by atoms with Crippen molar-refractivity contribution in [3.05, 3.63) is 23.8 Å². The second-order valence-electron chi connectivity index (χ2n) is 4.85. The van der Waals surface area contributed by atoms with Gasteiger partial charge in [0.15, 0.2) is 11.5 Å². The van der Waals surface area contributed by atoms with Crippen LogP contribution in [0.1, 0.15) is 12.0 Å². The summed E-state index contributed by atoms with van der Waals surface area (Å²) in [6, 6.07) is 5.71. The highest BCUT2D eigenvalue weighted by molar-refractivity contribution is 5.87. The number of carbonyl (C=O) groups is 2. The molecule has 1 heterocycles. The fourth-order valence-corrected chi connectivity index (χ4v) is 2.27.